The van der Waals surface area contributed by atoms with Gasteiger partial charge in [0.25, 0.3) is 5.91 Å². The summed E-state index contributed by atoms with van der Waals surface area (Å²) in [5.41, 5.74) is 1.45. The van der Waals surface area contributed by atoms with Crippen LogP contribution < -0.4 is 9.47 Å². The zero-order chi connectivity index (χ0) is 18.8. The predicted molar refractivity (Wildman–Crippen MR) is 107 cm³/mol. The fourth-order valence-electron chi connectivity index (χ4n) is 2.61. The van der Waals surface area contributed by atoms with Crippen molar-refractivity contribution in [1.29, 1.82) is 0 Å². The van der Waals surface area contributed by atoms with Crippen molar-refractivity contribution in [2.45, 2.75) is 13.0 Å². The van der Waals surface area contributed by atoms with Gasteiger partial charge >= 0.3 is 0 Å². The average Bonchev–Trinajstić information content (AvgIpc) is 3.10. The van der Waals surface area contributed by atoms with Gasteiger partial charge < -0.3 is 14.4 Å². The third-order valence-corrected chi connectivity index (χ3v) is 6.25. The van der Waals surface area contributed by atoms with Crippen molar-refractivity contribution >= 4 is 43.4 Å². The zero-order valence-electron chi connectivity index (χ0n) is 14.9. The van der Waals surface area contributed by atoms with Crippen molar-refractivity contribution in [2.24, 2.45) is 0 Å². The molecule has 0 aliphatic rings. The van der Waals surface area contributed by atoms with Gasteiger partial charge in [0.2, 0.25) is 0 Å². The number of rotatable bonds is 5. The molecule has 0 unspecified atom stereocenters. The van der Waals surface area contributed by atoms with Gasteiger partial charge in [-0.2, -0.15) is 0 Å². The fourth-order valence-corrected chi connectivity index (χ4v) is 4.22. The molecule has 0 saturated heterocycles. The summed E-state index contributed by atoms with van der Waals surface area (Å²) in [6, 6.07) is 11.2. The maximum Gasteiger partial charge on any atom is 0.254 e. The highest BCUT2D eigenvalue weighted by atomic mass is 79.9. The Balaban J connectivity index is 1.91. The first-order valence-corrected chi connectivity index (χ1v) is 9.61. The number of para-hydroxylation sites is 1. The molecule has 3 aromatic rings. The molecule has 1 amide bonds. The van der Waals surface area contributed by atoms with Crippen LogP contribution in [0.15, 0.2) is 40.9 Å². The van der Waals surface area contributed by atoms with Crippen molar-refractivity contribution in [3.8, 4) is 11.5 Å². The Bertz CT molecular complexity index is 899. The van der Waals surface area contributed by atoms with E-state index in [1.165, 1.54) is 0 Å². The summed E-state index contributed by atoms with van der Waals surface area (Å²) in [4.78, 5) is 19.3. The third kappa shape index (κ3) is 3.41. The van der Waals surface area contributed by atoms with Crippen LogP contribution in [0.1, 0.15) is 28.3 Å². The molecule has 3 rings (SSSR count). The molecule has 0 aliphatic carbocycles. The lowest BCUT2D eigenvalue weighted by Gasteiger charge is -2.24. The van der Waals surface area contributed by atoms with Gasteiger partial charge in [-0.3, -0.25) is 4.79 Å². The Morgan fingerprint density at radius 2 is 1.81 bits per heavy atom. The highest BCUT2D eigenvalue weighted by Crippen LogP contribution is 2.36. The van der Waals surface area contributed by atoms with E-state index >= 15 is 0 Å². The smallest absolute Gasteiger partial charge is 0.254 e. The maximum atomic E-state index is 13.0. The number of methoxy groups -OCH3 is 2. The Morgan fingerprint density at radius 3 is 2.38 bits per heavy atom. The van der Waals surface area contributed by atoms with Gasteiger partial charge in [0.1, 0.15) is 21.0 Å². The number of ether oxygens (including phenoxy) is 2. The molecule has 26 heavy (non-hydrogen) atoms. The quantitative estimate of drug-likeness (QED) is 0.572. The molecule has 2 aromatic carbocycles. The molecular formula is C19H19BrN2O3S. The number of thiazole rings is 1. The van der Waals surface area contributed by atoms with Crippen molar-refractivity contribution in [2.75, 3.05) is 21.3 Å². The molecule has 7 heteroatoms. The maximum absolute atomic E-state index is 13.0. The number of carbonyl (C=O) groups is 1. The van der Waals surface area contributed by atoms with Gasteiger partial charge in [0, 0.05) is 12.6 Å². The first-order chi connectivity index (χ1) is 12.5. The Morgan fingerprint density at radius 1 is 1.19 bits per heavy atom. The highest BCUT2D eigenvalue weighted by molar-refractivity contribution is 9.10. The van der Waals surface area contributed by atoms with Crippen molar-refractivity contribution in [3.63, 3.8) is 0 Å². The topological polar surface area (TPSA) is 51.7 Å². The van der Waals surface area contributed by atoms with Gasteiger partial charge in [-0.25, -0.2) is 4.98 Å². The molecule has 0 fully saturated rings. The third-order valence-electron chi connectivity index (χ3n) is 4.26. The molecule has 136 valence electrons. The molecule has 0 saturated carbocycles. The lowest BCUT2D eigenvalue weighted by atomic mass is 10.1. The Kier molecular flexibility index (Phi) is 5.48. The van der Waals surface area contributed by atoms with Crippen molar-refractivity contribution in [3.05, 3.63) is 51.4 Å². The molecular weight excluding hydrogens is 416 g/mol. The van der Waals surface area contributed by atoms with Crippen LogP contribution in [0, 0.1) is 0 Å². The van der Waals surface area contributed by atoms with Crippen LogP contribution in [-0.2, 0) is 0 Å². The molecule has 1 atom stereocenters. The van der Waals surface area contributed by atoms with Crippen LogP contribution in [0.25, 0.3) is 10.2 Å². The number of fused-ring (bicyclic) bond motifs is 1. The minimum atomic E-state index is -0.152. The molecule has 0 bridgehead atoms. The molecule has 0 spiro atoms. The van der Waals surface area contributed by atoms with Gasteiger partial charge in [-0.1, -0.05) is 12.1 Å². The summed E-state index contributed by atoms with van der Waals surface area (Å²) < 4.78 is 12.5. The van der Waals surface area contributed by atoms with Crippen molar-refractivity contribution in [1.82, 2.24) is 9.88 Å². The van der Waals surface area contributed by atoms with Crippen LogP contribution in [0.4, 0.5) is 0 Å². The fraction of sp³-hybridized carbons (Fsp3) is 0.263. The first-order valence-electron chi connectivity index (χ1n) is 8.00. The second-order valence-corrected chi connectivity index (χ2v) is 7.66. The highest BCUT2D eigenvalue weighted by Gasteiger charge is 2.24. The lowest BCUT2D eigenvalue weighted by molar-refractivity contribution is 0.0741. The number of aromatic nitrogens is 1. The zero-order valence-corrected chi connectivity index (χ0v) is 17.3. The average molecular weight is 435 g/mol. The number of benzene rings is 2. The number of hydrogen-bond donors (Lipinski definition) is 0. The Hall–Kier alpha value is -2.12. The number of nitrogens with zero attached hydrogens (tertiary/aromatic N) is 2. The molecule has 0 radical (unpaired) electrons. The first kappa shape index (κ1) is 18.7. The number of amides is 1. The molecule has 1 heterocycles. The summed E-state index contributed by atoms with van der Waals surface area (Å²) in [6.07, 6.45) is 0. The number of hydrogen-bond acceptors (Lipinski definition) is 5. The van der Waals surface area contributed by atoms with Gasteiger partial charge in [-0.05, 0) is 47.1 Å². The van der Waals surface area contributed by atoms with E-state index in [0.29, 0.717) is 21.5 Å². The monoisotopic (exact) mass is 434 g/mol. The van der Waals surface area contributed by atoms with E-state index in [-0.39, 0.29) is 11.9 Å². The summed E-state index contributed by atoms with van der Waals surface area (Å²) in [7, 11) is 4.89. The van der Waals surface area contributed by atoms with E-state index in [0.717, 1.165) is 15.2 Å². The Labute approximate surface area is 164 Å². The van der Waals surface area contributed by atoms with E-state index in [1.54, 1.807) is 49.6 Å². The van der Waals surface area contributed by atoms with E-state index in [4.69, 9.17) is 9.47 Å². The summed E-state index contributed by atoms with van der Waals surface area (Å²) in [5.74, 6) is 0.975. The number of halogens is 1. The molecule has 0 N–H and O–H groups in total. The normalized spacial score (nSPS) is 12.0. The number of carbonyl (C=O) groups excluding carboxylic acids is 1. The summed E-state index contributed by atoms with van der Waals surface area (Å²) in [5, 5.41) is 0.901. The van der Waals surface area contributed by atoms with Crippen LogP contribution in [0.2, 0.25) is 0 Å². The van der Waals surface area contributed by atoms with Crippen LogP contribution in [-0.4, -0.2) is 37.1 Å². The van der Waals surface area contributed by atoms with Gasteiger partial charge in [0.05, 0.1) is 30.5 Å². The van der Waals surface area contributed by atoms with E-state index < -0.39 is 0 Å². The van der Waals surface area contributed by atoms with Crippen LogP contribution >= 0.6 is 27.3 Å². The van der Waals surface area contributed by atoms with E-state index in [1.807, 2.05) is 31.2 Å². The lowest BCUT2D eigenvalue weighted by Crippen LogP contribution is -2.29. The van der Waals surface area contributed by atoms with Gasteiger partial charge in [-0.15, -0.1) is 11.3 Å². The van der Waals surface area contributed by atoms with Crippen LogP contribution in [0.3, 0.4) is 0 Å². The minimum Gasteiger partial charge on any atom is -0.495 e. The molecule has 1 aromatic heterocycles. The van der Waals surface area contributed by atoms with Gasteiger partial charge in [0.15, 0.2) is 0 Å². The minimum absolute atomic E-state index is 0.124. The second kappa shape index (κ2) is 7.63. The molecule has 0 aliphatic heterocycles. The van der Waals surface area contributed by atoms with E-state index in [2.05, 4.69) is 20.9 Å². The molecule has 5 nitrogen and oxygen atoms in total. The summed E-state index contributed by atoms with van der Waals surface area (Å²) in [6.45, 7) is 1.98. The predicted octanol–water partition coefficient (Wildman–Crippen LogP) is 4.91. The standard InChI is InChI=1S/C19H19BrN2O3S/c1-11(18-21-13-7-5-6-8-16(13)26-18)22(2)19(23)12-9-14(24-3)17(20)15(10-12)25-4/h5-11H,1-4H3/t11-/m0/s1. The van der Waals surface area contributed by atoms with E-state index in [9.17, 15) is 4.79 Å². The van der Waals surface area contributed by atoms with Crippen LogP contribution in [0.5, 0.6) is 11.5 Å². The van der Waals surface area contributed by atoms with Crippen molar-refractivity contribution < 1.29 is 14.3 Å². The largest absolute Gasteiger partial charge is 0.495 e. The second-order valence-electron chi connectivity index (χ2n) is 5.81. The summed E-state index contributed by atoms with van der Waals surface area (Å²) >= 11 is 5.03. The SMILES string of the molecule is COc1cc(C(=O)N(C)[C@@H](C)c2nc3ccccc3s2)cc(OC)c1Br.